The molecule has 1 heterocycles. The molecule has 0 radical (unpaired) electrons. The molecule has 0 saturated carbocycles. The van der Waals surface area contributed by atoms with E-state index in [0.717, 1.165) is 29.5 Å². The minimum atomic E-state index is 0.336. The Morgan fingerprint density at radius 3 is 2.59 bits per heavy atom. The van der Waals surface area contributed by atoms with Crippen LogP contribution in [-0.2, 0) is 13.1 Å². The van der Waals surface area contributed by atoms with Gasteiger partial charge in [-0.05, 0) is 48.6 Å². The van der Waals surface area contributed by atoms with Crippen LogP contribution in [0.4, 0.5) is 5.69 Å². The predicted molar refractivity (Wildman–Crippen MR) is 119 cm³/mol. The Bertz CT molecular complexity index is 820. The van der Waals surface area contributed by atoms with E-state index in [9.17, 15) is 0 Å². The largest absolute Gasteiger partial charge is 0.497 e. The second-order valence-electron chi connectivity index (χ2n) is 7.69. The maximum Gasteiger partial charge on any atom is 0.193 e. The summed E-state index contributed by atoms with van der Waals surface area (Å²) in [6.07, 6.45) is 2.66. The number of anilines is 1. The first-order chi connectivity index (χ1) is 14.1. The smallest absolute Gasteiger partial charge is 0.193 e. The molecule has 2 aromatic rings. The molecular formula is C23H32N4O2. The SMILES string of the molecule is COc1ccc(OC)c(NC(N)=NCc2ccc(CN3CCCC(C)C3)cc2)c1. The third-order valence-corrected chi connectivity index (χ3v) is 5.27. The van der Waals surface area contributed by atoms with E-state index in [0.29, 0.717) is 18.3 Å². The molecule has 6 heteroatoms. The number of aliphatic imine (C=N–C) groups is 1. The van der Waals surface area contributed by atoms with Crippen LogP contribution in [0.2, 0.25) is 0 Å². The molecule has 29 heavy (non-hydrogen) atoms. The number of likely N-dealkylation sites (tertiary alicyclic amines) is 1. The Kier molecular flexibility index (Phi) is 7.36. The number of rotatable bonds is 7. The normalized spacial score (nSPS) is 17.8. The highest BCUT2D eigenvalue weighted by Gasteiger charge is 2.16. The number of nitrogens with two attached hydrogens (primary N) is 1. The molecule has 0 spiro atoms. The van der Waals surface area contributed by atoms with Gasteiger partial charge in [0.15, 0.2) is 5.96 Å². The molecule has 156 valence electrons. The molecule has 0 amide bonds. The van der Waals surface area contributed by atoms with Crippen molar-refractivity contribution in [2.45, 2.75) is 32.9 Å². The highest BCUT2D eigenvalue weighted by molar-refractivity contribution is 5.94. The van der Waals surface area contributed by atoms with Crippen LogP contribution in [0.1, 0.15) is 30.9 Å². The Labute approximate surface area is 173 Å². The van der Waals surface area contributed by atoms with E-state index < -0.39 is 0 Å². The van der Waals surface area contributed by atoms with E-state index in [2.05, 4.69) is 46.4 Å². The van der Waals surface area contributed by atoms with Crippen molar-refractivity contribution in [2.75, 3.05) is 32.6 Å². The molecule has 0 aromatic heterocycles. The first kappa shape index (κ1) is 21.0. The van der Waals surface area contributed by atoms with Crippen molar-refractivity contribution in [2.24, 2.45) is 16.6 Å². The van der Waals surface area contributed by atoms with Crippen LogP contribution in [0, 0.1) is 5.92 Å². The second kappa shape index (κ2) is 10.2. The maximum absolute atomic E-state index is 6.07. The van der Waals surface area contributed by atoms with Crippen LogP contribution in [0.5, 0.6) is 11.5 Å². The second-order valence-corrected chi connectivity index (χ2v) is 7.69. The number of hydrogen-bond acceptors (Lipinski definition) is 4. The summed E-state index contributed by atoms with van der Waals surface area (Å²) >= 11 is 0. The number of methoxy groups -OCH3 is 2. The molecular weight excluding hydrogens is 364 g/mol. The lowest BCUT2D eigenvalue weighted by molar-refractivity contribution is 0.176. The van der Waals surface area contributed by atoms with E-state index in [-0.39, 0.29) is 0 Å². The zero-order valence-corrected chi connectivity index (χ0v) is 17.6. The molecule has 1 aliphatic rings. The Morgan fingerprint density at radius 1 is 1.14 bits per heavy atom. The van der Waals surface area contributed by atoms with Crippen molar-refractivity contribution in [1.29, 1.82) is 0 Å². The topological polar surface area (TPSA) is 72.1 Å². The van der Waals surface area contributed by atoms with Gasteiger partial charge in [-0.3, -0.25) is 4.90 Å². The fourth-order valence-corrected chi connectivity index (χ4v) is 3.70. The van der Waals surface area contributed by atoms with Gasteiger partial charge in [-0.1, -0.05) is 31.2 Å². The van der Waals surface area contributed by atoms with Crippen molar-refractivity contribution >= 4 is 11.6 Å². The van der Waals surface area contributed by atoms with Crippen molar-refractivity contribution < 1.29 is 9.47 Å². The molecule has 1 atom stereocenters. The lowest BCUT2D eigenvalue weighted by atomic mass is 9.99. The van der Waals surface area contributed by atoms with E-state index in [1.807, 2.05) is 18.2 Å². The number of benzene rings is 2. The van der Waals surface area contributed by atoms with Gasteiger partial charge in [0.05, 0.1) is 26.5 Å². The van der Waals surface area contributed by atoms with Gasteiger partial charge in [-0.25, -0.2) is 4.99 Å². The third-order valence-electron chi connectivity index (χ3n) is 5.27. The zero-order valence-electron chi connectivity index (χ0n) is 17.6. The quantitative estimate of drug-likeness (QED) is 0.549. The monoisotopic (exact) mass is 396 g/mol. The number of nitrogens with one attached hydrogen (secondary N) is 1. The van der Waals surface area contributed by atoms with E-state index >= 15 is 0 Å². The summed E-state index contributed by atoms with van der Waals surface area (Å²) in [7, 11) is 3.24. The summed E-state index contributed by atoms with van der Waals surface area (Å²) in [4.78, 5) is 7.00. The molecule has 1 saturated heterocycles. The van der Waals surface area contributed by atoms with E-state index in [1.165, 1.54) is 31.5 Å². The Balaban J connectivity index is 1.56. The highest BCUT2D eigenvalue weighted by Crippen LogP contribution is 2.28. The molecule has 1 fully saturated rings. The highest BCUT2D eigenvalue weighted by atomic mass is 16.5. The Morgan fingerprint density at radius 2 is 1.90 bits per heavy atom. The minimum Gasteiger partial charge on any atom is -0.497 e. The summed E-state index contributed by atoms with van der Waals surface area (Å²) in [6.45, 7) is 6.28. The molecule has 6 nitrogen and oxygen atoms in total. The van der Waals surface area contributed by atoms with Gasteiger partial charge in [-0.15, -0.1) is 0 Å². The van der Waals surface area contributed by atoms with Gasteiger partial charge in [0.2, 0.25) is 0 Å². The van der Waals surface area contributed by atoms with Gasteiger partial charge in [0.1, 0.15) is 11.5 Å². The van der Waals surface area contributed by atoms with Crippen LogP contribution >= 0.6 is 0 Å². The Hall–Kier alpha value is -2.73. The summed E-state index contributed by atoms with van der Waals surface area (Å²) in [6, 6.07) is 14.1. The average molecular weight is 397 g/mol. The van der Waals surface area contributed by atoms with Gasteiger partial charge in [0, 0.05) is 19.2 Å². The van der Waals surface area contributed by atoms with Crippen LogP contribution in [0.15, 0.2) is 47.5 Å². The molecule has 1 aliphatic heterocycles. The summed E-state index contributed by atoms with van der Waals surface area (Å²) in [5.41, 5.74) is 9.27. The molecule has 3 N–H and O–H groups in total. The maximum atomic E-state index is 6.07. The number of nitrogens with zero attached hydrogens (tertiary/aromatic N) is 2. The van der Waals surface area contributed by atoms with Crippen molar-refractivity contribution in [3.63, 3.8) is 0 Å². The first-order valence-corrected chi connectivity index (χ1v) is 10.2. The molecule has 0 aliphatic carbocycles. The van der Waals surface area contributed by atoms with Gasteiger partial charge in [-0.2, -0.15) is 0 Å². The standard InChI is InChI=1S/C23H32N4O2/c1-17-5-4-12-27(15-17)16-19-8-6-18(7-9-19)14-25-23(24)26-21-13-20(28-2)10-11-22(21)29-3/h6-11,13,17H,4-5,12,14-16H2,1-3H3,(H3,24,25,26). The minimum absolute atomic E-state index is 0.336. The van der Waals surface area contributed by atoms with Crippen molar-refractivity contribution in [1.82, 2.24) is 4.90 Å². The molecule has 2 aromatic carbocycles. The fourth-order valence-electron chi connectivity index (χ4n) is 3.70. The first-order valence-electron chi connectivity index (χ1n) is 10.2. The van der Waals surface area contributed by atoms with Crippen LogP contribution < -0.4 is 20.5 Å². The van der Waals surface area contributed by atoms with E-state index in [4.69, 9.17) is 15.2 Å². The lowest BCUT2D eigenvalue weighted by Crippen LogP contribution is -2.33. The summed E-state index contributed by atoms with van der Waals surface area (Å²) in [5, 5.41) is 3.09. The van der Waals surface area contributed by atoms with Gasteiger partial charge < -0.3 is 20.5 Å². The molecule has 0 bridgehead atoms. The average Bonchev–Trinajstić information content (AvgIpc) is 2.73. The van der Waals surface area contributed by atoms with Gasteiger partial charge in [0.25, 0.3) is 0 Å². The van der Waals surface area contributed by atoms with Crippen LogP contribution in [-0.4, -0.2) is 38.2 Å². The predicted octanol–water partition coefficient (Wildman–Crippen LogP) is 3.86. The fraction of sp³-hybridized carbons (Fsp3) is 0.435. The van der Waals surface area contributed by atoms with Gasteiger partial charge >= 0.3 is 0 Å². The summed E-state index contributed by atoms with van der Waals surface area (Å²) < 4.78 is 10.6. The number of ether oxygens (including phenoxy) is 2. The molecule has 1 unspecified atom stereocenters. The lowest BCUT2D eigenvalue weighted by Gasteiger charge is -2.30. The third kappa shape index (κ3) is 6.12. The van der Waals surface area contributed by atoms with Crippen LogP contribution in [0.3, 0.4) is 0 Å². The number of piperidine rings is 1. The number of guanidine groups is 1. The van der Waals surface area contributed by atoms with Crippen molar-refractivity contribution in [3.8, 4) is 11.5 Å². The van der Waals surface area contributed by atoms with E-state index in [1.54, 1.807) is 14.2 Å². The van der Waals surface area contributed by atoms with Crippen molar-refractivity contribution in [3.05, 3.63) is 53.6 Å². The molecule has 3 rings (SSSR count). The zero-order chi connectivity index (χ0) is 20.6. The number of hydrogen-bond donors (Lipinski definition) is 2. The summed E-state index contributed by atoms with van der Waals surface area (Å²) in [5.74, 6) is 2.54. The van der Waals surface area contributed by atoms with Crippen LogP contribution in [0.25, 0.3) is 0 Å².